The van der Waals surface area contributed by atoms with Crippen molar-refractivity contribution in [1.82, 2.24) is 15.1 Å². The number of methoxy groups -OCH3 is 1. The lowest BCUT2D eigenvalue weighted by molar-refractivity contribution is 0.00988. The largest absolute Gasteiger partial charge is 0.385 e. The van der Waals surface area contributed by atoms with E-state index in [1.165, 1.54) is 24.3 Å². The average Bonchev–Trinajstić information content (AvgIpc) is 3.28. The number of piperidine rings is 2. The van der Waals surface area contributed by atoms with Crippen LogP contribution in [0.15, 0.2) is 22.5 Å². The zero-order chi connectivity index (χ0) is 21.0. The van der Waals surface area contributed by atoms with Crippen molar-refractivity contribution in [1.29, 1.82) is 0 Å². The van der Waals surface area contributed by atoms with E-state index in [0.29, 0.717) is 12.0 Å². The van der Waals surface area contributed by atoms with E-state index >= 15 is 0 Å². The van der Waals surface area contributed by atoms with Crippen LogP contribution < -0.4 is 5.32 Å². The lowest BCUT2D eigenvalue weighted by atomic mass is 9.98. The lowest BCUT2D eigenvalue weighted by Crippen LogP contribution is -2.47. The van der Waals surface area contributed by atoms with Gasteiger partial charge in [-0.3, -0.25) is 9.89 Å². The summed E-state index contributed by atoms with van der Waals surface area (Å²) in [4.78, 5) is 11.6. The van der Waals surface area contributed by atoms with E-state index in [1.54, 1.807) is 7.11 Å². The predicted octanol–water partition coefficient (Wildman–Crippen LogP) is 4.06. The Balaban J connectivity index is 0.00000341. The van der Waals surface area contributed by atoms with Crippen LogP contribution in [-0.4, -0.2) is 81.5 Å². The van der Waals surface area contributed by atoms with E-state index in [9.17, 15) is 0 Å². The van der Waals surface area contributed by atoms with Gasteiger partial charge in [-0.1, -0.05) is 6.07 Å². The summed E-state index contributed by atoms with van der Waals surface area (Å²) in [6.45, 7) is 11.1. The molecule has 1 aromatic rings. The molecule has 0 saturated carbocycles. The van der Waals surface area contributed by atoms with Crippen molar-refractivity contribution >= 4 is 41.3 Å². The highest BCUT2D eigenvalue weighted by atomic mass is 127. The average molecular weight is 565 g/mol. The van der Waals surface area contributed by atoms with E-state index in [4.69, 9.17) is 14.5 Å². The summed E-state index contributed by atoms with van der Waals surface area (Å²) in [5, 5.41) is 5.70. The Morgan fingerprint density at radius 2 is 2.06 bits per heavy atom. The molecule has 2 fully saturated rings. The summed E-state index contributed by atoms with van der Waals surface area (Å²) in [6, 6.07) is 4.41. The first-order valence-electron chi connectivity index (χ1n) is 11.7. The molecule has 6 nitrogen and oxygen atoms in total. The highest BCUT2D eigenvalue weighted by Gasteiger charge is 2.23. The van der Waals surface area contributed by atoms with E-state index in [1.807, 2.05) is 11.3 Å². The van der Waals surface area contributed by atoms with Gasteiger partial charge >= 0.3 is 0 Å². The number of likely N-dealkylation sites (tertiary alicyclic amines) is 2. The molecular weight excluding hydrogens is 523 g/mol. The van der Waals surface area contributed by atoms with Crippen molar-refractivity contribution in [2.45, 2.75) is 51.7 Å². The van der Waals surface area contributed by atoms with Crippen molar-refractivity contribution in [2.75, 3.05) is 59.6 Å². The topological polar surface area (TPSA) is 49.3 Å². The summed E-state index contributed by atoms with van der Waals surface area (Å²) in [5.41, 5.74) is 0. The molecule has 0 spiro atoms. The van der Waals surface area contributed by atoms with Gasteiger partial charge in [-0.25, -0.2) is 0 Å². The summed E-state index contributed by atoms with van der Waals surface area (Å²) in [6.07, 6.45) is 6.09. The van der Waals surface area contributed by atoms with Crippen molar-refractivity contribution in [3.63, 3.8) is 0 Å². The third-order valence-corrected chi connectivity index (χ3v) is 6.85. The molecule has 178 valence electrons. The number of thiophene rings is 1. The van der Waals surface area contributed by atoms with Gasteiger partial charge in [0.15, 0.2) is 5.96 Å². The van der Waals surface area contributed by atoms with Crippen LogP contribution in [0.25, 0.3) is 0 Å². The quantitative estimate of drug-likeness (QED) is 0.201. The highest BCUT2D eigenvalue weighted by molar-refractivity contribution is 14.0. The van der Waals surface area contributed by atoms with Gasteiger partial charge in [-0.15, -0.1) is 35.3 Å². The number of halogens is 1. The van der Waals surface area contributed by atoms with Crippen LogP contribution >= 0.6 is 35.3 Å². The third-order valence-electron chi connectivity index (χ3n) is 5.98. The second-order valence-corrected chi connectivity index (χ2v) is 9.45. The fraction of sp³-hybridized carbons (Fsp3) is 0.783. The molecule has 0 aliphatic carbocycles. The fourth-order valence-corrected chi connectivity index (χ4v) is 5.14. The summed E-state index contributed by atoms with van der Waals surface area (Å²) >= 11 is 1.87. The molecule has 1 N–H and O–H groups in total. The van der Waals surface area contributed by atoms with E-state index in [0.717, 1.165) is 77.7 Å². The molecule has 0 aromatic carbocycles. The van der Waals surface area contributed by atoms with Gasteiger partial charge in [-0.05, 0) is 62.9 Å². The Bertz CT molecular complexity index is 609. The van der Waals surface area contributed by atoms with Crippen LogP contribution in [0.5, 0.6) is 0 Å². The Hall–Kier alpha value is -0.420. The first kappa shape index (κ1) is 26.8. The molecule has 0 bridgehead atoms. The summed E-state index contributed by atoms with van der Waals surface area (Å²) in [5.74, 6) is 1.75. The zero-order valence-electron chi connectivity index (χ0n) is 19.3. The van der Waals surface area contributed by atoms with Crippen LogP contribution in [0.4, 0.5) is 0 Å². The Labute approximate surface area is 209 Å². The molecule has 0 amide bonds. The molecule has 1 unspecified atom stereocenters. The number of nitrogens with zero attached hydrogens (tertiary/aromatic N) is 3. The normalized spacial score (nSPS) is 21.2. The van der Waals surface area contributed by atoms with E-state index in [2.05, 4.69) is 39.6 Å². The molecule has 8 heteroatoms. The SMILES string of the molecule is CCNC(=NCC1CCCN(Cc2cccs2)C1)N1CCC(OCCCOC)CC1.I. The lowest BCUT2D eigenvalue weighted by Gasteiger charge is -2.35. The second kappa shape index (κ2) is 15.4. The number of aliphatic imine (C=N–C) groups is 1. The first-order chi connectivity index (χ1) is 14.8. The molecule has 2 saturated heterocycles. The minimum Gasteiger partial charge on any atom is -0.385 e. The molecule has 3 heterocycles. The van der Waals surface area contributed by atoms with Crippen LogP contribution in [0, 0.1) is 5.92 Å². The van der Waals surface area contributed by atoms with Gasteiger partial charge in [0.05, 0.1) is 6.10 Å². The van der Waals surface area contributed by atoms with Gasteiger partial charge in [0, 0.05) is 64.5 Å². The minimum absolute atomic E-state index is 0. The van der Waals surface area contributed by atoms with Gasteiger partial charge in [-0.2, -0.15) is 0 Å². The molecule has 31 heavy (non-hydrogen) atoms. The van der Waals surface area contributed by atoms with Crippen molar-refractivity contribution in [2.24, 2.45) is 10.9 Å². The fourth-order valence-electron chi connectivity index (χ4n) is 4.40. The summed E-state index contributed by atoms with van der Waals surface area (Å²) in [7, 11) is 1.74. The van der Waals surface area contributed by atoms with Crippen LogP contribution in [0.2, 0.25) is 0 Å². The number of guanidine groups is 1. The molecule has 1 atom stereocenters. The van der Waals surface area contributed by atoms with Crippen molar-refractivity contribution < 1.29 is 9.47 Å². The first-order valence-corrected chi connectivity index (χ1v) is 12.5. The number of hydrogen-bond donors (Lipinski definition) is 1. The van der Waals surface area contributed by atoms with Gasteiger partial charge in [0.2, 0.25) is 0 Å². The number of ether oxygens (including phenoxy) is 2. The van der Waals surface area contributed by atoms with Gasteiger partial charge in [0.25, 0.3) is 0 Å². The molecule has 1 aromatic heterocycles. The maximum atomic E-state index is 6.01. The molecule has 3 rings (SSSR count). The number of rotatable bonds is 10. The molecular formula is C23H41IN4O2S. The Morgan fingerprint density at radius 1 is 1.23 bits per heavy atom. The van der Waals surface area contributed by atoms with Crippen LogP contribution in [-0.2, 0) is 16.0 Å². The van der Waals surface area contributed by atoms with E-state index in [-0.39, 0.29) is 24.0 Å². The van der Waals surface area contributed by atoms with Crippen LogP contribution in [0.1, 0.15) is 43.9 Å². The smallest absolute Gasteiger partial charge is 0.193 e. The third kappa shape index (κ3) is 9.53. The number of hydrogen-bond acceptors (Lipinski definition) is 5. The second-order valence-electron chi connectivity index (χ2n) is 8.42. The Morgan fingerprint density at radius 3 is 2.77 bits per heavy atom. The molecule has 0 radical (unpaired) electrons. The van der Waals surface area contributed by atoms with E-state index < -0.39 is 0 Å². The molecule has 2 aliphatic rings. The number of nitrogens with one attached hydrogen (secondary N) is 1. The Kier molecular flexibility index (Phi) is 13.3. The standard InChI is InChI=1S/C23H40N4O2S.HI/c1-3-24-23(27-12-9-21(10-13-27)29-15-6-14-28-2)25-17-20-7-4-11-26(18-20)19-22-8-5-16-30-22;/h5,8,16,20-21H,3-4,6-7,9-15,17-19H2,1-2H3,(H,24,25);1H. The minimum atomic E-state index is 0. The monoisotopic (exact) mass is 564 g/mol. The predicted molar refractivity (Wildman–Crippen MR) is 141 cm³/mol. The van der Waals surface area contributed by atoms with Gasteiger partial charge < -0.3 is 19.7 Å². The summed E-state index contributed by atoms with van der Waals surface area (Å²) < 4.78 is 11.1. The molecule has 2 aliphatic heterocycles. The maximum absolute atomic E-state index is 6.01. The zero-order valence-corrected chi connectivity index (χ0v) is 22.4. The van der Waals surface area contributed by atoms with Crippen molar-refractivity contribution in [3.05, 3.63) is 22.4 Å². The van der Waals surface area contributed by atoms with Crippen molar-refractivity contribution in [3.8, 4) is 0 Å². The van der Waals surface area contributed by atoms with Gasteiger partial charge in [0.1, 0.15) is 0 Å². The highest BCUT2D eigenvalue weighted by Crippen LogP contribution is 2.21. The van der Waals surface area contributed by atoms with Crippen LogP contribution in [0.3, 0.4) is 0 Å². The maximum Gasteiger partial charge on any atom is 0.193 e.